The van der Waals surface area contributed by atoms with E-state index < -0.39 is 0 Å². The highest BCUT2D eigenvalue weighted by Crippen LogP contribution is 2.23. The summed E-state index contributed by atoms with van der Waals surface area (Å²) in [5, 5.41) is 9.04. The number of nitrogens with zero attached hydrogens (tertiary/aromatic N) is 1. The van der Waals surface area contributed by atoms with Crippen molar-refractivity contribution < 1.29 is 4.74 Å². The van der Waals surface area contributed by atoms with Gasteiger partial charge in [-0.25, -0.2) is 0 Å². The average Bonchev–Trinajstić information content (AvgIpc) is 2.30. The molecule has 18 heavy (non-hydrogen) atoms. The zero-order chi connectivity index (χ0) is 13.4. The Hall–Kier alpha value is -1.69. The fourth-order valence-electron chi connectivity index (χ4n) is 1.17. The first kappa shape index (κ1) is 14.4. The molecule has 0 radical (unpaired) electrons. The first-order chi connectivity index (χ1) is 8.61. The zero-order valence-electron chi connectivity index (χ0n) is 9.73. The van der Waals surface area contributed by atoms with Gasteiger partial charge in [-0.05, 0) is 13.0 Å². The fourth-order valence-corrected chi connectivity index (χ4v) is 1.68. The Kier molecular flexibility index (Phi) is 6.07. The number of nitriles is 1. The third kappa shape index (κ3) is 5.58. The predicted octanol–water partition coefficient (Wildman–Crippen LogP) is 4.85. The molecular formula is C14H11Cl2NO. The van der Waals surface area contributed by atoms with E-state index in [2.05, 4.69) is 23.8 Å². The Morgan fingerprint density at radius 3 is 1.94 bits per heavy atom. The summed E-state index contributed by atoms with van der Waals surface area (Å²) in [6, 6.07) is 14.8. The minimum absolute atomic E-state index is 0.352. The molecule has 0 unspecified atom stereocenters. The van der Waals surface area contributed by atoms with Gasteiger partial charge in [0.1, 0.15) is 5.75 Å². The molecule has 0 aliphatic carbocycles. The van der Waals surface area contributed by atoms with Gasteiger partial charge in [0.15, 0.2) is 0 Å². The molecule has 0 saturated heterocycles. The lowest BCUT2D eigenvalue weighted by molar-refractivity contribution is 0.507. The molecule has 4 heteroatoms. The van der Waals surface area contributed by atoms with E-state index >= 15 is 0 Å². The first-order valence-corrected chi connectivity index (χ1v) is 5.91. The maximum atomic E-state index is 8.14. The van der Waals surface area contributed by atoms with Crippen molar-refractivity contribution in [2.45, 2.75) is 6.92 Å². The van der Waals surface area contributed by atoms with Gasteiger partial charge in [-0.1, -0.05) is 59.1 Å². The van der Waals surface area contributed by atoms with E-state index in [1.54, 1.807) is 6.07 Å². The van der Waals surface area contributed by atoms with E-state index in [9.17, 15) is 0 Å². The summed E-state index contributed by atoms with van der Waals surface area (Å²) >= 11 is 11.2. The fraction of sp³-hybridized carbons (Fsp3) is 0.0714. The van der Waals surface area contributed by atoms with Crippen molar-refractivity contribution in [3.63, 3.8) is 0 Å². The van der Waals surface area contributed by atoms with E-state index in [-0.39, 0.29) is 0 Å². The Morgan fingerprint density at radius 1 is 1.00 bits per heavy atom. The summed E-state index contributed by atoms with van der Waals surface area (Å²) in [6.07, 6.45) is 1.52. The summed E-state index contributed by atoms with van der Waals surface area (Å²) in [6.45, 7) is 2.08. The molecule has 0 atom stereocenters. The highest BCUT2D eigenvalue weighted by Gasteiger charge is 1.97. The van der Waals surface area contributed by atoms with E-state index in [1.165, 1.54) is 24.0 Å². The smallest absolute Gasteiger partial charge is 0.292 e. The number of hydrogen-bond acceptors (Lipinski definition) is 2. The van der Waals surface area contributed by atoms with Crippen LogP contribution in [0, 0.1) is 18.4 Å². The predicted molar refractivity (Wildman–Crippen MR) is 73.9 cm³/mol. The quantitative estimate of drug-likeness (QED) is 0.699. The van der Waals surface area contributed by atoms with Gasteiger partial charge in [0.25, 0.3) is 6.26 Å². The van der Waals surface area contributed by atoms with E-state index in [4.69, 9.17) is 28.5 Å². The second kappa shape index (κ2) is 7.60. The Morgan fingerprint density at radius 2 is 1.56 bits per heavy atom. The lowest BCUT2D eigenvalue weighted by Crippen LogP contribution is -1.80. The van der Waals surface area contributed by atoms with Crippen LogP contribution in [0.3, 0.4) is 0 Å². The summed E-state index contributed by atoms with van der Waals surface area (Å²) in [7, 11) is 0. The van der Waals surface area contributed by atoms with Crippen LogP contribution in [0.4, 0.5) is 0 Å². The number of rotatable bonds is 1. The first-order valence-electron chi connectivity index (χ1n) is 5.15. The van der Waals surface area contributed by atoms with Gasteiger partial charge >= 0.3 is 0 Å². The van der Waals surface area contributed by atoms with Gasteiger partial charge in [-0.3, -0.25) is 0 Å². The Balaban J connectivity index is 0.000000199. The largest absolute Gasteiger partial charge is 0.388 e. The Labute approximate surface area is 116 Å². The van der Waals surface area contributed by atoms with Crippen molar-refractivity contribution in [1.29, 1.82) is 5.26 Å². The van der Waals surface area contributed by atoms with Crippen LogP contribution >= 0.6 is 23.2 Å². The Bertz CT molecular complexity index is 515. The zero-order valence-corrected chi connectivity index (χ0v) is 11.2. The second-order valence-corrected chi connectivity index (χ2v) is 4.33. The molecule has 2 aromatic rings. The van der Waals surface area contributed by atoms with Gasteiger partial charge < -0.3 is 4.74 Å². The molecule has 0 heterocycles. The number of halogens is 2. The van der Waals surface area contributed by atoms with Crippen LogP contribution in [0.25, 0.3) is 0 Å². The molecule has 0 aliphatic rings. The molecule has 2 rings (SSSR count). The molecule has 0 aromatic heterocycles. The molecule has 0 saturated carbocycles. The SMILES string of the molecule is Cc1ccccc1.N#COc1cc(Cl)cc(Cl)c1. The van der Waals surface area contributed by atoms with Gasteiger partial charge in [0.05, 0.1) is 0 Å². The van der Waals surface area contributed by atoms with Crippen molar-refractivity contribution in [3.05, 3.63) is 64.1 Å². The van der Waals surface area contributed by atoms with Gasteiger partial charge in [-0.15, -0.1) is 5.26 Å². The molecule has 0 N–H and O–H groups in total. The van der Waals surface area contributed by atoms with Gasteiger partial charge in [0, 0.05) is 22.2 Å². The summed E-state index contributed by atoms with van der Waals surface area (Å²) < 4.78 is 4.50. The molecule has 2 aromatic carbocycles. The third-order valence-corrected chi connectivity index (χ3v) is 2.38. The molecule has 2 nitrogen and oxygen atoms in total. The summed E-state index contributed by atoms with van der Waals surface area (Å²) in [5.74, 6) is 0.352. The molecule has 0 bridgehead atoms. The van der Waals surface area contributed by atoms with Crippen LogP contribution in [-0.4, -0.2) is 0 Å². The molecule has 0 fully saturated rings. The topological polar surface area (TPSA) is 33.0 Å². The minimum atomic E-state index is 0.352. The number of ether oxygens (including phenoxy) is 1. The molecule has 92 valence electrons. The maximum Gasteiger partial charge on any atom is 0.292 e. The van der Waals surface area contributed by atoms with Gasteiger partial charge in [-0.2, -0.15) is 0 Å². The van der Waals surface area contributed by atoms with Crippen LogP contribution in [0.2, 0.25) is 10.0 Å². The third-order valence-electron chi connectivity index (χ3n) is 1.94. The normalized spacial score (nSPS) is 8.78. The van der Waals surface area contributed by atoms with Crippen LogP contribution in [0.1, 0.15) is 5.56 Å². The van der Waals surface area contributed by atoms with Gasteiger partial charge in [0.2, 0.25) is 0 Å². The summed E-state index contributed by atoms with van der Waals surface area (Å²) in [4.78, 5) is 0. The van der Waals surface area contributed by atoms with Crippen molar-refractivity contribution in [3.8, 4) is 12.0 Å². The van der Waals surface area contributed by atoms with E-state index in [0.29, 0.717) is 15.8 Å². The second-order valence-electron chi connectivity index (χ2n) is 3.45. The highest BCUT2D eigenvalue weighted by atomic mass is 35.5. The number of hydrogen-bond donors (Lipinski definition) is 0. The van der Waals surface area contributed by atoms with E-state index in [0.717, 1.165) is 0 Å². The van der Waals surface area contributed by atoms with Crippen molar-refractivity contribution >= 4 is 23.2 Å². The molecule has 0 aliphatic heterocycles. The average molecular weight is 280 g/mol. The highest BCUT2D eigenvalue weighted by molar-refractivity contribution is 6.34. The standard InChI is InChI=1S/C7H3Cl2NO.C7H8/c8-5-1-6(9)3-7(2-5)11-4-10;1-7-5-3-2-4-6-7/h1-3H;2-6H,1H3. The minimum Gasteiger partial charge on any atom is -0.388 e. The van der Waals surface area contributed by atoms with Crippen molar-refractivity contribution in [1.82, 2.24) is 0 Å². The lowest BCUT2D eigenvalue weighted by Gasteiger charge is -1.96. The lowest BCUT2D eigenvalue weighted by atomic mass is 10.2. The molecule has 0 spiro atoms. The van der Waals surface area contributed by atoms with Crippen LogP contribution < -0.4 is 4.74 Å². The number of aryl methyl sites for hydroxylation is 1. The van der Waals surface area contributed by atoms with Crippen LogP contribution in [0.15, 0.2) is 48.5 Å². The van der Waals surface area contributed by atoms with Crippen molar-refractivity contribution in [2.24, 2.45) is 0 Å². The monoisotopic (exact) mass is 279 g/mol. The van der Waals surface area contributed by atoms with E-state index in [1.807, 2.05) is 18.2 Å². The number of benzene rings is 2. The van der Waals surface area contributed by atoms with Crippen molar-refractivity contribution in [2.75, 3.05) is 0 Å². The molecule has 0 amide bonds. The molecular weight excluding hydrogens is 269 g/mol. The van der Waals surface area contributed by atoms with Crippen LogP contribution in [-0.2, 0) is 0 Å². The summed E-state index contributed by atoms with van der Waals surface area (Å²) in [5.41, 5.74) is 1.32. The van der Waals surface area contributed by atoms with Crippen LogP contribution in [0.5, 0.6) is 5.75 Å². The maximum absolute atomic E-state index is 8.14.